The molecule has 2 N–H and O–H groups in total. The molecular weight excluding hydrogens is 258 g/mol. The number of benzene rings is 1. The molecule has 3 aromatic rings. The molecule has 0 fully saturated rings. The molecule has 1 aromatic carbocycles. The lowest BCUT2D eigenvalue weighted by Gasteiger charge is -2.15. The molecule has 20 heavy (non-hydrogen) atoms. The minimum absolute atomic E-state index is 0.367. The third kappa shape index (κ3) is 1.60. The number of ether oxygens (including phenoxy) is 1. The number of fused-ring (bicyclic) bond motifs is 3. The molecule has 1 aliphatic heterocycles. The van der Waals surface area contributed by atoms with E-state index in [-0.39, 0.29) is 0 Å². The third-order valence-electron chi connectivity index (χ3n) is 3.11. The highest BCUT2D eigenvalue weighted by atomic mass is 16.7. The van der Waals surface area contributed by atoms with Crippen LogP contribution in [-0.2, 0) is 4.74 Å². The Labute approximate surface area is 113 Å². The van der Waals surface area contributed by atoms with E-state index in [2.05, 4.69) is 9.97 Å². The molecule has 0 saturated carbocycles. The van der Waals surface area contributed by atoms with Gasteiger partial charge in [0.2, 0.25) is 0 Å². The largest absolute Gasteiger partial charge is 0.476 e. The molecule has 0 radical (unpaired) electrons. The van der Waals surface area contributed by atoms with Crippen molar-refractivity contribution < 1.29 is 9.57 Å². The first-order valence-electron chi connectivity index (χ1n) is 6.05. The van der Waals surface area contributed by atoms with Gasteiger partial charge < -0.3 is 15.3 Å². The van der Waals surface area contributed by atoms with E-state index in [9.17, 15) is 0 Å². The summed E-state index contributed by atoms with van der Waals surface area (Å²) in [7, 11) is 0. The monoisotopic (exact) mass is 269 g/mol. The SMILES string of the molecule is Nc1nc2cncn2c2ccc(ON3C=COC3)cc12. The molecule has 7 nitrogen and oxygen atoms in total. The van der Waals surface area contributed by atoms with Gasteiger partial charge in [-0.15, -0.1) is 0 Å². The van der Waals surface area contributed by atoms with Gasteiger partial charge in [0.1, 0.15) is 18.4 Å². The average Bonchev–Trinajstić information content (AvgIpc) is 3.10. The fourth-order valence-corrected chi connectivity index (χ4v) is 2.19. The molecule has 0 amide bonds. The van der Waals surface area contributed by atoms with Crippen molar-refractivity contribution >= 4 is 22.4 Å². The zero-order valence-electron chi connectivity index (χ0n) is 10.4. The highest BCUT2D eigenvalue weighted by Crippen LogP contribution is 2.26. The van der Waals surface area contributed by atoms with Crippen LogP contribution in [0.3, 0.4) is 0 Å². The Hall–Kier alpha value is -2.96. The van der Waals surface area contributed by atoms with Crippen LogP contribution in [0.1, 0.15) is 0 Å². The normalized spacial score (nSPS) is 14.1. The molecule has 0 unspecified atom stereocenters. The lowest BCUT2D eigenvalue weighted by atomic mass is 10.2. The van der Waals surface area contributed by atoms with Crippen LogP contribution in [0.15, 0.2) is 43.2 Å². The number of nitrogens with two attached hydrogens (primary N) is 1. The molecule has 0 atom stereocenters. The quantitative estimate of drug-likeness (QED) is 0.760. The minimum Gasteiger partial charge on any atom is -0.476 e. The molecule has 2 aromatic heterocycles. The molecule has 0 spiro atoms. The highest BCUT2D eigenvalue weighted by molar-refractivity contribution is 5.91. The van der Waals surface area contributed by atoms with Gasteiger partial charge in [0.15, 0.2) is 18.1 Å². The molecule has 1 aliphatic rings. The number of nitrogens with zero attached hydrogens (tertiary/aromatic N) is 4. The van der Waals surface area contributed by atoms with E-state index < -0.39 is 0 Å². The van der Waals surface area contributed by atoms with Crippen LogP contribution in [0.2, 0.25) is 0 Å². The number of rotatable bonds is 2. The van der Waals surface area contributed by atoms with Gasteiger partial charge in [-0.1, -0.05) is 0 Å². The van der Waals surface area contributed by atoms with Crippen molar-refractivity contribution in [2.75, 3.05) is 12.5 Å². The number of anilines is 1. The molecule has 4 rings (SSSR count). The van der Waals surface area contributed by atoms with Gasteiger partial charge in [0.25, 0.3) is 0 Å². The minimum atomic E-state index is 0.367. The fourth-order valence-electron chi connectivity index (χ4n) is 2.19. The van der Waals surface area contributed by atoms with Crippen molar-refractivity contribution in [2.24, 2.45) is 0 Å². The topological polar surface area (TPSA) is 77.9 Å². The molecule has 100 valence electrons. The number of nitrogen functional groups attached to an aromatic ring is 1. The summed E-state index contributed by atoms with van der Waals surface area (Å²) in [6, 6.07) is 5.65. The Morgan fingerprint density at radius 3 is 3.15 bits per heavy atom. The van der Waals surface area contributed by atoms with Crippen LogP contribution < -0.4 is 10.6 Å². The summed E-state index contributed by atoms with van der Waals surface area (Å²) in [6.07, 6.45) is 6.67. The Bertz CT molecular complexity index is 826. The van der Waals surface area contributed by atoms with Crippen molar-refractivity contribution in [3.63, 3.8) is 0 Å². The summed E-state index contributed by atoms with van der Waals surface area (Å²) >= 11 is 0. The van der Waals surface area contributed by atoms with Gasteiger partial charge in [-0.3, -0.25) is 4.40 Å². The van der Waals surface area contributed by atoms with Crippen molar-refractivity contribution in [1.29, 1.82) is 0 Å². The Balaban J connectivity index is 1.83. The number of aromatic nitrogens is 3. The highest BCUT2D eigenvalue weighted by Gasteiger charge is 2.11. The predicted octanol–water partition coefficient (Wildman–Crippen LogP) is 1.52. The van der Waals surface area contributed by atoms with Crippen LogP contribution in [0.4, 0.5) is 5.82 Å². The molecule has 0 saturated heterocycles. The average molecular weight is 269 g/mol. The summed E-state index contributed by atoms with van der Waals surface area (Å²) in [6.45, 7) is 0.367. The summed E-state index contributed by atoms with van der Waals surface area (Å²) in [5, 5.41) is 2.40. The zero-order valence-corrected chi connectivity index (χ0v) is 10.4. The van der Waals surface area contributed by atoms with Gasteiger partial charge in [-0.25, -0.2) is 9.97 Å². The lowest BCUT2D eigenvalue weighted by Crippen LogP contribution is -2.19. The summed E-state index contributed by atoms with van der Waals surface area (Å²) in [4.78, 5) is 14.0. The van der Waals surface area contributed by atoms with Crippen LogP contribution >= 0.6 is 0 Å². The van der Waals surface area contributed by atoms with Crippen LogP contribution in [0.25, 0.3) is 16.6 Å². The molecular formula is C13H11N5O2. The first-order valence-corrected chi connectivity index (χ1v) is 6.05. The predicted molar refractivity (Wildman–Crippen MR) is 72.5 cm³/mol. The summed E-state index contributed by atoms with van der Waals surface area (Å²) in [5.41, 5.74) is 7.66. The maximum absolute atomic E-state index is 6.00. The molecule has 0 aliphatic carbocycles. The van der Waals surface area contributed by atoms with Crippen LogP contribution in [0, 0.1) is 0 Å². The number of hydroxylamine groups is 2. The van der Waals surface area contributed by atoms with E-state index >= 15 is 0 Å². The Morgan fingerprint density at radius 1 is 1.35 bits per heavy atom. The van der Waals surface area contributed by atoms with Gasteiger partial charge in [0.05, 0.1) is 17.9 Å². The third-order valence-corrected chi connectivity index (χ3v) is 3.11. The maximum atomic E-state index is 6.00. The van der Waals surface area contributed by atoms with Gasteiger partial charge in [-0.05, 0) is 18.2 Å². The van der Waals surface area contributed by atoms with E-state index in [0.29, 0.717) is 18.3 Å². The fraction of sp³-hybridized carbons (Fsp3) is 0.0769. The van der Waals surface area contributed by atoms with Crippen LogP contribution in [-0.4, -0.2) is 26.2 Å². The van der Waals surface area contributed by atoms with Crippen molar-refractivity contribution in [1.82, 2.24) is 19.4 Å². The Kier molecular flexibility index (Phi) is 2.19. The Morgan fingerprint density at radius 2 is 2.30 bits per heavy atom. The van der Waals surface area contributed by atoms with Crippen molar-refractivity contribution in [3.05, 3.63) is 43.2 Å². The second-order valence-electron chi connectivity index (χ2n) is 4.39. The number of imidazole rings is 1. The van der Waals surface area contributed by atoms with Gasteiger partial charge in [0, 0.05) is 5.39 Å². The van der Waals surface area contributed by atoms with Gasteiger partial charge >= 0.3 is 0 Å². The van der Waals surface area contributed by atoms with Gasteiger partial charge in [-0.2, -0.15) is 5.06 Å². The van der Waals surface area contributed by atoms with E-state index in [4.69, 9.17) is 15.3 Å². The number of hydrogen-bond donors (Lipinski definition) is 1. The smallest absolute Gasteiger partial charge is 0.193 e. The molecule has 7 heteroatoms. The van der Waals surface area contributed by atoms with E-state index in [1.54, 1.807) is 30.0 Å². The molecule has 0 bridgehead atoms. The van der Waals surface area contributed by atoms with E-state index in [1.165, 1.54) is 0 Å². The van der Waals surface area contributed by atoms with Crippen molar-refractivity contribution in [2.45, 2.75) is 0 Å². The zero-order chi connectivity index (χ0) is 13.5. The summed E-state index contributed by atoms with van der Waals surface area (Å²) in [5.74, 6) is 1.12. The number of hydrogen-bond acceptors (Lipinski definition) is 6. The first kappa shape index (κ1) is 10.9. The molecule has 3 heterocycles. The second-order valence-corrected chi connectivity index (χ2v) is 4.39. The first-order chi connectivity index (χ1) is 9.81. The summed E-state index contributed by atoms with van der Waals surface area (Å²) < 4.78 is 6.94. The van der Waals surface area contributed by atoms with Crippen LogP contribution in [0.5, 0.6) is 5.75 Å². The maximum Gasteiger partial charge on any atom is 0.193 e. The van der Waals surface area contributed by atoms with Crippen molar-refractivity contribution in [3.8, 4) is 5.75 Å². The standard InChI is InChI=1S/C13H11N5O2/c14-13-10-5-9(20-17-3-4-19-8-17)1-2-11(10)18-7-15-6-12(18)16-13/h1-7H,8H2,(H2,14,16). The van der Waals surface area contributed by atoms with E-state index in [1.807, 2.05) is 22.6 Å². The van der Waals surface area contributed by atoms with E-state index in [0.717, 1.165) is 16.6 Å². The second kappa shape index (κ2) is 4.02. The lowest BCUT2D eigenvalue weighted by molar-refractivity contribution is -0.0497.